The zero-order valence-corrected chi connectivity index (χ0v) is 12.5. The summed E-state index contributed by atoms with van der Waals surface area (Å²) in [5.41, 5.74) is 6.05. The second-order valence-electron chi connectivity index (χ2n) is 4.37. The average molecular weight is 351 g/mol. The molecule has 0 saturated carbocycles. The van der Waals surface area contributed by atoms with Crippen molar-refractivity contribution in [1.82, 2.24) is 0 Å². The van der Waals surface area contributed by atoms with Gasteiger partial charge in [0.1, 0.15) is 11.2 Å². The Hall–Kier alpha value is -0.620. The molecule has 0 aromatic heterocycles. The monoisotopic (exact) mass is 349 g/mol. The van der Waals surface area contributed by atoms with Crippen molar-refractivity contribution in [2.75, 3.05) is 5.73 Å². The van der Waals surface area contributed by atoms with Crippen LogP contribution in [0.1, 0.15) is 20.8 Å². The molecule has 0 bridgehead atoms. The molecule has 6 heteroatoms. The molecule has 1 aromatic carbocycles. The number of nitrogens with zero attached hydrogens (tertiary/aromatic N) is 2. The summed E-state index contributed by atoms with van der Waals surface area (Å²) in [6, 6.07) is 3.31. The first-order chi connectivity index (χ1) is 7.20. The van der Waals surface area contributed by atoms with Crippen molar-refractivity contribution in [1.29, 1.82) is 0 Å². The van der Waals surface area contributed by atoms with Gasteiger partial charge in [-0.3, -0.25) is 0 Å². The number of azo groups is 1. The van der Waals surface area contributed by atoms with Crippen molar-refractivity contribution in [3.8, 4) is 0 Å². The number of anilines is 1. The van der Waals surface area contributed by atoms with E-state index in [-0.39, 0.29) is 0 Å². The lowest BCUT2D eigenvalue weighted by molar-refractivity contribution is -0.448. The van der Waals surface area contributed by atoms with Gasteiger partial charge >= 0.3 is 0 Å². The van der Waals surface area contributed by atoms with E-state index in [9.17, 15) is 5.21 Å². The standard InChI is InChI=1S/C10H13Br2N3O/c1-10(2,3)14-15(16)9-5-7(12)6(11)4-8(9)13/h4-5H,13H2,1-3H3. The molecule has 16 heavy (non-hydrogen) atoms. The molecule has 88 valence electrons. The maximum Gasteiger partial charge on any atom is 0.268 e. The van der Waals surface area contributed by atoms with Gasteiger partial charge in [0.05, 0.1) is 0 Å². The van der Waals surface area contributed by atoms with Crippen LogP contribution in [0.5, 0.6) is 0 Å². The topological polar surface area (TPSA) is 64.5 Å². The van der Waals surface area contributed by atoms with Gasteiger partial charge < -0.3 is 10.9 Å². The molecule has 4 nitrogen and oxygen atoms in total. The highest BCUT2D eigenvalue weighted by Crippen LogP contribution is 2.33. The van der Waals surface area contributed by atoms with Gasteiger partial charge in [-0.05, 0) is 63.8 Å². The van der Waals surface area contributed by atoms with Crippen LogP contribution in [-0.4, -0.2) is 10.4 Å². The zero-order valence-electron chi connectivity index (χ0n) is 9.29. The Balaban J connectivity index is 3.24. The Labute approximate surface area is 111 Å². The maximum absolute atomic E-state index is 11.8. The van der Waals surface area contributed by atoms with Crippen molar-refractivity contribution in [2.24, 2.45) is 5.11 Å². The van der Waals surface area contributed by atoms with E-state index in [1.54, 1.807) is 12.1 Å². The zero-order chi connectivity index (χ0) is 12.5. The number of halogens is 2. The predicted octanol–water partition coefficient (Wildman–Crippen LogP) is 4.19. The Bertz CT molecular complexity index is 438. The van der Waals surface area contributed by atoms with Gasteiger partial charge in [-0.1, -0.05) is 4.86 Å². The van der Waals surface area contributed by atoms with Crippen LogP contribution >= 0.6 is 31.9 Å². The number of nitrogens with two attached hydrogens (primary N) is 1. The summed E-state index contributed by atoms with van der Waals surface area (Å²) in [6.07, 6.45) is 0. The molecule has 0 amide bonds. The van der Waals surface area contributed by atoms with Gasteiger partial charge in [0.15, 0.2) is 0 Å². The van der Waals surface area contributed by atoms with Crippen LogP contribution in [0.15, 0.2) is 26.2 Å². The molecule has 0 heterocycles. The van der Waals surface area contributed by atoms with E-state index in [2.05, 4.69) is 37.0 Å². The molecule has 0 aliphatic heterocycles. The predicted molar refractivity (Wildman–Crippen MR) is 71.7 cm³/mol. The van der Waals surface area contributed by atoms with Crippen LogP contribution in [-0.2, 0) is 0 Å². The molecule has 0 unspecified atom stereocenters. The van der Waals surface area contributed by atoms with E-state index in [0.29, 0.717) is 16.2 Å². The van der Waals surface area contributed by atoms with Crippen molar-refractivity contribution >= 4 is 43.2 Å². The molecule has 0 radical (unpaired) electrons. The van der Waals surface area contributed by atoms with Crippen LogP contribution in [0.25, 0.3) is 0 Å². The molecular formula is C10H13Br2N3O. The third-order valence-electron chi connectivity index (χ3n) is 1.67. The first-order valence-corrected chi connectivity index (χ1v) is 6.24. The normalized spacial score (nSPS) is 12.9. The quantitative estimate of drug-likeness (QED) is 0.357. The molecule has 0 atom stereocenters. The summed E-state index contributed by atoms with van der Waals surface area (Å²) in [7, 11) is 0. The third-order valence-corrected chi connectivity index (χ3v) is 3.51. The van der Waals surface area contributed by atoms with Gasteiger partial charge in [-0.2, -0.15) is 0 Å². The molecule has 2 N–H and O–H groups in total. The SMILES string of the molecule is CC(C)(C)N=[N+]([O-])c1cc(Br)c(Br)cc1N. The van der Waals surface area contributed by atoms with Crippen LogP contribution in [0.2, 0.25) is 0 Å². The van der Waals surface area contributed by atoms with Gasteiger partial charge in [0, 0.05) is 15.0 Å². The molecule has 0 spiro atoms. The first-order valence-electron chi connectivity index (χ1n) is 4.65. The summed E-state index contributed by atoms with van der Waals surface area (Å²) in [5, 5.41) is 15.8. The summed E-state index contributed by atoms with van der Waals surface area (Å²) in [4.78, 5) is 0.562. The van der Waals surface area contributed by atoms with Crippen LogP contribution in [0, 0.1) is 5.21 Å². The van der Waals surface area contributed by atoms with Crippen molar-refractivity contribution in [3.05, 3.63) is 26.3 Å². The van der Waals surface area contributed by atoms with Crippen LogP contribution < -0.4 is 5.73 Å². The minimum atomic E-state index is -0.437. The van der Waals surface area contributed by atoms with Gasteiger partial charge in [0.25, 0.3) is 5.69 Å². The summed E-state index contributed by atoms with van der Waals surface area (Å²) in [5.74, 6) is 0. The van der Waals surface area contributed by atoms with Gasteiger partial charge in [0.2, 0.25) is 0 Å². The Kier molecular flexibility index (Phi) is 3.96. The van der Waals surface area contributed by atoms with E-state index in [4.69, 9.17) is 5.73 Å². The molecule has 0 fully saturated rings. The second kappa shape index (κ2) is 4.71. The number of hydrogen-bond donors (Lipinski definition) is 1. The Morgan fingerprint density at radius 1 is 1.25 bits per heavy atom. The van der Waals surface area contributed by atoms with E-state index >= 15 is 0 Å². The molecule has 0 aliphatic rings. The van der Waals surface area contributed by atoms with Crippen molar-refractivity contribution < 1.29 is 4.86 Å². The lowest BCUT2D eigenvalue weighted by Gasteiger charge is -2.11. The fourth-order valence-corrected chi connectivity index (χ4v) is 1.74. The molecule has 1 rings (SSSR count). The Morgan fingerprint density at radius 2 is 1.75 bits per heavy atom. The molecule has 0 aliphatic carbocycles. The number of hydrogen-bond acceptors (Lipinski definition) is 3. The van der Waals surface area contributed by atoms with Crippen molar-refractivity contribution in [3.63, 3.8) is 0 Å². The fraction of sp³-hybridized carbons (Fsp3) is 0.400. The fourth-order valence-electron chi connectivity index (χ4n) is 1.04. The van der Waals surface area contributed by atoms with E-state index in [1.165, 1.54) is 0 Å². The maximum atomic E-state index is 11.8. The average Bonchev–Trinajstić information content (AvgIpc) is 2.08. The van der Waals surface area contributed by atoms with E-state index in [0.717, 1.165) is 8.95 Å². The van der Waals surface area contributed by atoms with Gasteiger partial charge in [-0.25, -0.2) is 0 Å². The third kappa shape index (κ3) is 3.45. The lowest BCUT2D eigenvalue weighted by Crippen LogP contribution is -2.13. The van der Waals surface area contributed by atoms with Crippen molar-refractivity contribution in [2.45, 2.75) is 26.3 Å². The summed E-state index contributed by atoms with van der Waals surface area (Å²) >= 11 is 6.63. The smallest absolute Gasteiger partial charge is 0.268 e. The molecule has 0 saturated heterocycles. The highest BCUT2D eigenvalue weighted by atomic mass is 79.9. The second-order valence-corrected chi connectivity index (χ2v) is 6.08. The lowest BCUT2D eigenvalue weighted by atomic mass is 10.1. The van der Waals surface area contributed by atoms with Gasteiger partial charge in [-0.15, -0.1) is 0 Å². The first kappa shape index (κ1) is 13.4. The number of rotatable bonds is 1. The van der Waals surface area contributed by atoms with Crippen LogP contribution in [0.3, 0.4) is 0 Å². The van der Waals surface area contributed by atoms with E-state index < -0.39 is 5.54 Å². The Morgan fingerprint density at radius 3 is 2.25 bits per heavy atom. The number of nitrogen functional groups attached to an aromatic ring is 1. The molecule has 1 aromatic rings. The highest BCUT2D eigenvalue weighted by Gasteiger charge is 2.18. The minimum absolute atomic E-state index is 0.338. The summed E-state index contributed by atoms with van der Waals surface area (Å²) in [6.45, 7) is 5.55. The largest absolute Gasteiger partial charge is 0.594 e. The van der Waals surface area contributed by atoms with Crippen LogP contribution in [0.4, 0.5) is 11.4 Å². The number of benzene rings is 1. The minimum Gasteiger partial charge on any atom is -0.594 e. The summed E-state index contributed by atoms with van der Waals surface area (Å²) < 4.78 is 1.57. The molecular weight excluding hydrogens is 338 g/mol. The highest BCUT2D eigenvalue weighted by molar-refractivity contribution is 9.13. The van der Waals surface area contributed by atoms with E-state index in [1.807, 2.05) is 20.8 Å².